The Kier molecular flexibility index (Phi) is 4.21. The molecule has 0 bridgehead atoms. The van der Waals surface area contributed by atoms with Gasteiger partial charge in [0.15, 0.2) is 11.5 Å². The molecule has 3 fully saturated rings. The Bertz CT molecular complexity index is 601. The van der Waals surface area contributed by atoms with Crippen molar-refractivity contribution in [1.82, 2.24) is 9.80 Å². The van der Waals surface area contributed by atoms with Gasteiger partial charge >= 0.3 is 0 Å². The van der Waals surface area contributed by atoms with Crippen molar-refractivity contribution in [2.24, 2.45) is 0 Å². The van der Waals surface area contributed by atoms with Crippen LogP contribution < -0.4 is 9.47 Å². The summed E-state index contributed by atoms with van der Waals surface area (Å²) in [4.78, 5) is 5.30. The predicted molar refractivity (Wildman–Crippen MR) is 96.1 cm³/mol. The lowest BCUT2D eigenvalue weighted by Gasteiger charge is -2.49. The fourth-order valence-electron chi connectivity index (χ4n) is 5.28. The molecule has 4 heteroatoms. The molecule has 4 rings (SSSR count). The summed E-state index contributed by atoms with van der Waals surface area (Å²) in [6.45, 7) is 3.82. The van der Waals surface area contributed by atoms with Gasteiger partial charge in [-0.05, 0) is 76.5 Å². The number of ether oxygens (including phenoxy) is 2. The van der Waals surface area contributed by atoms with Crippen LogP contribution in [0.2, 0.25) is 0 Å². The summed E-state index contributed by atoms with van der Waals surface area (Å²) in [5.74, 6) is 1.69. The highest BCUT2D eigenvalue weighted by atomic mass is 16.5. The highest BCUT2D eigenvalue weighted by Gasteiger charge is 2.51. The molecule has 1 saturated carbocycles. The second-order valence-electron chi connectivity index (χ2n) is 7.79. The van der Waals surface area contributed by atoms with Gasteiger partial charge < -0.3 is 19.3 Å². The van der Waals surface area contributed by atoms with Crippen LogP contribution in [0.5, 0.6) is 11.5 Å². The number of likely N-dealkylation sites (tertiary alicyclic amines) is 2. The fourth-order valence-corrected chi connectivity index (χ4v) is 5.28. The van der Waals surface area contributed by atoms with Crippen LogP contribution in [0, 0.1) is 0 Å². The Morgan fingerprint density at radius 1 is 1.04 bits per heavy atom. The van der Waals surface area contributed by atoms with E-state index in [1.165, 1.54) is 57.3 Å². The molecule has 2 saturated heterocycles. The first-order valence-electron chi connectivity index (χ1n) is 9.35. The summed E-state index contributed by atoms with van der Waals surface area (Å²) in [7, 11) is 5.75. The van der Waals surface area contributed by atoms with Crippen molar-refractivity contribution in [3.63, 3.8) is 0 Å². The zero-order valence-electron chi connectivity index (χ0n) is 15.3. The van der Waals surface area contributed by atoms with Crippen LogP contribution in [0.15, 0.2) is 18.2 Å². The maximum Gasteiger partial charge on any atom is 0.161 e. The van der Waals surface area contributed by atoms with Gasteiger partial charge in [0.05, 0.1) is 14.2 Å². The molecule has 0 radical (unpaired) electrons. The summed E-state index contributed by atoms with van der Waals surface area (Å²) in [6, 6.07) is 8.03. The minimum atomic E-state index is 0.287. The van der Waals surface area contributed by atoms with Crippen LogP contribution in [0.3, 0.4) is 0 Å². The molecule has 0 amide bonds. The summed E-state index contributed by atoms with van der Waals surface area (Å²) < 4.78 is 11.0. The highest BCUT2D eigenvalue weighted by molar-refractivity contribution is 5.46. The van der Waals surface area contributed by atoms with Gasteiger partial charge in [0.1, 0.15) is 0 Å². The first kappa shape index (κ1) is 16.2. The largest absolute Gasteiger partial charge is 0.493 e. The van der Waals surface area contributed by atoms with Crippen molar-refractivity contribution in [3.8, 4) is 11.5 Å². The van der Waals surface area contributed by atoms with E-state index in [9.17, 15) is 0 Å². The van der Waals surface area contributed by atoms with Crippen LogP contribution in [-0.2, 0) is 5.41 Å². The third-order valence-corrected chi connectivity index (χ3v) is 6.87. The van der Waals surface area contributed by atoms with Gasteiger partial charge in [-0.25, -0.2) is 0 Å². The van der Waals surface area contributed by atoms with Crippen molar-refractivity contribution >= 4 is 0 Å². The van der Waals surface area contributed by atoms with Crippen LogP contribution in [0.4, 0.5) is 0 Å². The number of rotatable bonds is 4. The van der Waals surface area contributed by atoms with Gasteiger partial charge in [-0.3, -0.25) is 0 Å². The van der Waals surface area contributed by atoms with E-state index in [0.717, 1.165) is 17.5 Å². The molecule has 0 spiro atoms. The zero-order chi connectivity index (χ0) is 16.7. The number of fused-ring (bicyclic) bond motifs is 1. The summed E-state index contributed by atoms with van der Waals surface area (Å²) in [6.07, 6.45) is 6.58. The maximum absolute atomic E-state index is 5.58. The van der Waals surface area contributed by atoms with Crippen LogP contribution in [0.25, 0.3) is 0 Å². The monoisotopic (exact) mass is 330 g/mol. The minimum absolute atomic E-state index is 0.287. The Morgan fingerprint density at radius 2 is 1.83 bits per heavy atom. The second kappa shape index (κ2) is 6.23. The summed E-state index contributed by atoms with van der Waals surface area (Å²) in [5.41, 5.74) is 1.73. The molecule has 132 valence electrons. The van der Waals surface area contributed by atoms with Crippen molar-refractivity contribution in [1.29, 1.82) is 0 Å². The predicted octanol–water partition coefficient (Wildman–Crippen LogP) is 2.90. The topological polar surface area (TPSA) is 24.9 Å². The van der Waals surface area contributed by atoms with Gasteiger partial charge in [0, 0.05) is 17.5 Å². The molecule has 0 aromatic heterocycles. The van der Waals surface area contributed by atoms with E-state index in [1.807, 2.05) is 0 Å². The summed E-state index contributed by atoms with van der Waals surface area (Å²) >= 11 is 0. The van der Waals surface area contributed by atoms with E-state index in [1.54, 1.807) is 14.2 Å². The molecule has 1 aromatic rings. The second-order valence-corrected chi connectivity index (χ2v) is 7.79. The van der Waals surface area contributed by atoms with Gasteiger partial charge in [0.25, 0.3) is 0 Å². The maximum atomic E-state index is 5.58. The molecule has 24 heavy (non-hydrogen) atoms. The highest BCUT2D eigenvalue weighted by Crippen LogP contribution is 2.50. The molecular weight excluding hydrogens is 300 g/mol. The Balaban J connectivity index is 1.65. The van der Waals surface area contributed by atoms with E-state index >= 15 is 0 Å². The number of methoxy groups -OCH3 is 2. The van der Waals surface area contributed by atoms with Crippen LogP contribution in [0.1, 0.15) is 37.7 Å². The molecule has 2 aliphatic heterocycles. The van der Waals surface area contributed by atoms with Gasteiger partial charge in [-0.15, -0.1) is 0 Å². The number of nitrogens with zero attached hydrogens (tertiary/aromatic N) is 2. The normalized spacial score (nSPS) is 33.8. The Hall–Kier alpha value is -1.26. The van der Waals surface area contributed by atoms with E-state index in [2.05, 4.69) is 35.0 Å². The van der Waals surface area contributed by atoms with Gasteiger partial charge in [-0.2, -0.15) is 0 Å². The van der Waals surface area contributed by atoms with Crippen molar-refractivity contribution < 1.29 is 9.47 Å². The van der Waals surface area contributed by atoms with Crippen molar-refractivity contribution in [2.75, 3.05) is 40.9 Å². The third kappa shape index (κ3) is 2.42. The van der Waals surface area contributed by atoms with E-state index in [4.69, 9.17) is 9.47 Å². The van der Waals surface area contributed by atoms with E-state index in [-0.39, 0.29) is 5.41 Å². The molecule has 4 nitrogen and oxygen atoms in total. The van der Waals surface area contributed by atoms with Crippen molar-refractivity contribution in [2.45, 2.75) is 49.6 Å². The molecule has 1 aromatic carbocycles. The fraction of sp³-hybridized carbons (Fsp3) is 0.700. The smallest absolute Gasteiger partial charge is 0.161 e. The van der Waals surface area contributed by atoms with Crippen LogP contribution >= 0.6 is 0 Å². The Morgan fingerprint density at radius 3 is 2.50 bits per heavy atom. The Labute approximate surface area is 145 Å². The average Bonchev–Trinajstić information content (AvgIpc) is 2.91. The summed E-state index contributed by atoms with van der Waals surface area (Å²) in [5, 5.41) is 0. The molecule has 3 aliphatic rings. The van der Waals surface area contributed by atoms with E-state index in [0.29, 0.717) is 6.04 Å². The molecule has 1 aliphatic carbocycles. The number of hydrogen-bond donors (Lipinski definition) is 0. The van der Waals surface area contributed by atoms with Crippen LogP contribution in [-0.4, -0.2) is 62.8 Å². The number of hydrogen-bond acceptors (Lipinski definition) is 4. The molecule has 2 heterocycles. The van der Waals surface area contributed by atoms with Gasteiger partial charge in [0.2, 0.25) is 0 Å². The first-order valence-corrected chi connectivity index (χ1v) is 9.35. The molecular formula is C20H30N2O2. The zero-order valence-corrected chi connectivity index (χ0v) is 15.3. The first-order chi connectivity index (χ1) is 11.7. The standard InChI is InChI=1S/C20H30N2O2/c1-21-12-9-20(15-5-6-17(23-2)18(13-15)24-3)8-7-16(14-19(20)21)22-10-4-11-22/h5-6,13,16,19H,4,7-12,14H2,1-3H3/t16?,19-,20-/m0/s1. The number of benzene rings is 1. The third-order valence-electron chi connectivity index (χ3n) is 6.87. The molecule has 0 N–H and O–H groups in total. The quantitative estimate of drug-likeness (QED) is 0.847. The van der Waals surface area contributed by atoms with Crippen molar-refractivity contribution in [3.05, 3.63) is 23.8 Å². The number of likely N-dealkylation sites (N-methyl/N-ethyl adjacent to an activating group) is 1. The SMILES string of the molecule is COc1ccc([C@@]23CCC(N4CCC4)C[C@@H]2N(C)CC3)cc1OC. The molecule has 3 atom stereocenters. The van der Waals surface area contributed by atoms with Gasteiger partial charge in [-0.1, -0.05) is 6.07 Å². The lowest BCUT2D eigenvalue weighted by atomic mass is 9.64. The molecule has 1 unspecified atom stereocenters. The average molecular weight is 330 g/mol. The van der Waals surface area contributed by atoms with E-state index < -0.39 is 0 Å². The lowest BCUT2D eigenvalue weighted by Crippen LogP contribution is -2.54. The lowest BCUT2D eigenvalue weighted by molar-refractivity contribution is 0.0448. The minimum Gasteiger partial charge on any atom is -0.493 e.